The standard InChI is InChI=1S/C13H13FN2O3/c14-9-2-1-3-10-11(9)15-12(13(17)18)16(10)8-4-6-19-7-5-8/h1-3,8H,4-7H2,(H,17,18). The zero-order valence-electron chi connectivity index (χ0n) is 10.2. The Balaban J connectivity index is 2.21. The molecule has 2 heterocycles. The third-order valence-corrected chi connectivity index (χ3v) is 3.42. The minimum Gasteiger partial charge on any atom is -0.475 e. The third-order valence-electron chi connectivity index (χ3n) is 3.42. The van der Waals surface area contributed by atoms with Crippen LogP contribution in [0.15, 0.2) is 18.2 Å². The number of hydrogen-bond acceptors (Lipinski definition) is 3. The second-order valence-electron chi connectivity index (χ2n) is 4.56. The smallest absolute Gasteiger partial charge is 0.372 e. The molecule has 0 spiro atoms. The predicted octanol–water partition coefficient (Wildman–Crippen LogP) is 2.23. The highest BCUT2D eigenvalue weighted by Crippen LogP contribution is 2.29. The molecule has 100 valence electrons. The summed E-state index contributed by atoms with van der Waals surface area (Å²) < 4.78 is 20.6. The number of para-hydroxylation sites is 1. The summed E-state index contributed by atoms with van der Waals surface area (Å²) in [6.45, 7) is 1.16. The molecule has 2 aromatic rings. The Bertz CT molecular complexity index is 632. The van der Waals surface area contributed by atoms with Gasteiger partial charge in [0.1, 0.15) is 5.52 Å². The minimum absolute atomic E-state index is 0.00773. The Hall–Kier alpha value is -1.95. The van der Waals surface area contributed by atoms with E-state index in [0.717, 1.165) is 0 Å². The topological polar surface area (TPSA) is 64.3 Å². The first-order valence-corrected chi connectivity index (χ1v) is 6.16. The lowest BCUT2D eigenvalue weighted by Gasteiger charge is -2.24. The lowest BCUT2D eigenvalue weighted by atomic mass is 10.1. The number of fused-ring (bicyclic) bond motifs is 1. The molecule has 1 aliphatic heterocycles. The average Bonchev–Trinajstić information content (AvgIpc) is 2.81. The SMILES string of the molecule is O=C(O)c1nc2c(F)cccc2n1C1CCOCC1. The first kappa shape index (κ1) is 12.1. The van der Waals surface area contributed by atoms with Crippen LogP contribution >= 0.6 is 0 Å². The number of carbonyl (C=O) groups is 1. The molecule has 1 aliphatic rings. The number of carboxylic acids is 1. The van der Waals surface area contributed by atoms with Crippen LogP contribution in [0, 0.1) is 5.82 Å². The first-order valence-electron chi connectivity index (χ1n) is 6.16. The molecule has 0 amide bonds. The summed E-state index contributed by atoms with van der Waals surface area (Å²) in [5, 5.41) is 9.25. The molecule has 0 unspecified atom stereocenters. The van der Waals surface area contributed by atoms with Crippen LogP contribution in [0.3, 0.4) is 0 Å². The number of aromatic nitrogens is 2. The normalized spacial score (nSPS) is 16.9. The summed E-state index contributed by atoms with van der Waals surface area (Å²) in [6, 6.07) is 4.55. The van der Waals surface area contributed by atoms with Crippen LogP contribution in [-0.4, -0.2) is 33.8 Å². The maximum Gasteiger partial charge on any atom is 0.372 e. The van der Waals surface area contributed by atoms with Gasteiger partial charge in [-0.3, -0.25) is 0 Å². The van der Waals surface area contributed by atoms with Gasteiger partial charge in [0.05, 0.1) is 5.52 Å². The molecule has 1 aromatic carbocycles. The molecule has 0 saturated carbocycles. The lowest BCUT2D eigenvalue weighted by Crippen LogP contribution is -2.22. The van der Waals surface area contributed by atoms with Crippen LogP contribution < -0.4 is 0 Å². The molecule has 0 atom stereocenters. The van der Waals surface area contributed by atoms with E-state index in [2.05, 4.69) is 4.98 Å². The second-order valence-corrected chi connectivity index (χ2v) is 4.56. The number of imidazole rings is 1. The molecule has 1 N–H and O–H groups in total. The highest BCUT2D eigenvalue weighted by molar-refractivity contribution is 5.90. The van der Waals surface area contributed by atoms with Crippen molar-refractivity contribution in [3.63, 3.8) is 0 Å². The van der Waals surface area contributed by atoms with Gasteiger partial charge in [0.25, 0.3) is 0 Å². The highest BCUT2D eigenvalue weighted by Gasteiger charge is 2.25. The van der Waals surface area contributed by atoms with Crippen molar-refractivity contribution in [2.75, 3.05) is 13.2 Å². The molecule has 1 fully saturated rings. The van der Waals surface area contributed by atoms with E-state index in [1.165, 1.54) is 6.07 Å². The summed E-state index contributed by atoms with van der Waals surface area (Å²) >= 11 is 0. The van der Waals surface area contributed by atoms with Crippen molar-refractivity contribution in [3.05, 3.63) is 29.8 Å². The van der Waals surface area contributed by atoms with Gasteiger partial charge in [-0.15, -0.1) is 0 Å². The first-order chi connectivity index (χ1) is 9.18. The Morgan fingerprint density at radius 1 is 1.42 bits per heavy atom. The van der Waals surface area contributed by atoms with Gasteiger partial charge in [-0.2, -0.15) is 0 Å². The monoisotopic (exact) mass is 264 g/mol. The third kappa shape index (κ3) is 1.98. The maximum atomic E-state index is 13.7. The fourth-order valence-electron chi connectivity index (χ4n) is 2.55. The maximum absolute atomic E-state index is 13.7. The molecule has 1 saturated heterocycles. The van der Waals surface area contributed by atoms with E-state index < -0.39 is 11.8 Å². The number of benzene rings is 1. The van der Waals surface area contributed by atoms with E-state index >= 15 is 0 Å². The largest absolute Gasteiger partial charge is 0.475 e. The summed E-state index contributed by atoms with van der Waals surface area (Å²) in [4.78, 5) is 15.2. The van der Waals surface area contributed by atoms with E-state index in [9.17, 15) is 14.3 Å². The average molecular weight is 264 g/mol. The number of ether oxygens (including phenoxy) is 1. The number of carboxylic acid groups (broad SMARTS) is 1. The van der Waals surface area contributed by atoms with Crippen LogP contribution in [0.5, 0.6) is 0 Å². The summed E-state index contributed by atoms with van der Waals surface area (Å²) in [5.74, 6) is -1.74. The fourth-order valence-corrected chi connectivity index (χ4v) is 2.55. The van der Waals surface area contributed by atoms with Crippen molar-refractivity contribution in [1.29, 1.82) is 0 Å². The molecule has 0 aliphatic carbocycles. The molecule has 19 heavy (non-hydrogen) atoms. The Labute approximate surface area is 108 Å². The number of nitrogens with zero attached hydrogens (tertiary/aromatic N) is 2. The lowest BCUT2D eigenvalue weighted by molar-refractivity contribution is 0.0608. The molecular weight excluding hydrogens is 251 g/mol. The molecule has 6 heteroatoms. The number of hydrogen-bond donors (Lipinski definition) is 1. The van der Waals surface area contributed by atoms with Crippen molar-refractivity contribution in [2.45, 2.75) is 18.9 Å². The molecule has 0 radical (unpaired) electrons. The van der Waals surface area contributed by atoms with E-state index in [1.54, 1.807) is 16.7 Å². The van der Waals surface area contributed by atoms with Crippen LogP contribution in [0.2, 0.25) is 0 Å². The van der Waals surface area contributed by atoms with Gasteiger partial charge in [-0.1, -0.05) is 6.07 Å². The van der Waals surface area contributed by atoms with Gasteiger partial charge in [0.15, 0.2) is 5.82 Å². The van der Waals surface area contributed by atoms with Gasteiger partial charge in [-0.25, -0.2) is 14.2 Å². The van der Waals surface area contributed by atoms with E-state index in [0.29, 0.717) is 31.6 Å². The summed E-state index contributed by atoms with van der Waals surface area (Å²) in [7, 11) is 0. The van der Waals surface area contributed by atoms with Crippen molar-refractivity contribution in [2.24, 2.45) is 0 Å². The van der Waals surface area contributed by atoms with Crippen LogP contribution in [0.1, 0.15) is 29.5 Å². The molecule has 3 rings (SSSR count). The molecular formula is C13H13FN2O3. The number of rotatable bonds is 2. The Morgan fingerprint density at radius 3 is 2.84 bits per heavy atom. The van der Waals surface area contributed by atoms with Crippen LogP contribution in [0.4, 0.5) is 4.39 Å². The molecule has 0 bridgehead atoms. The number of halogens is 1. The van der Waals surface area contributed by atoms with Gasteiger partial charge in [0.2, 0.25) is 5.82 Å². The predicted molar refractivity (Wildman–Crippen MR) is 65.7 cm³/mol. The van der Waals surface area contributed by atoms with Crippen molar-refractivity contribution < 1.29 is 19.0 Å². The van der Waals surface area contributed by atoms with Crippen LogP contribution in [-0.2, 0) is 4.74 Å². The molecule has 1 aromatic heterocycles. The highest BCUT2D eigenvalue weighted by atomic mass is 19.1. The number of aromatic carboxylic acids is 1. The minimum atomic E-state index is -1.14. The molecule has 5 nitrogen and oxygen atoms in total. The van der Waals surface area contributed by atoms with Gasteiger partial charge in [-0.05, 0) is 25.0 Å². The van der Waals surface area contributed by atoms with E-state index in [-0.39, 0.29) is 17.4 Å². The Kier molecular flexibility index (Phi) is 2.94. The Morgan fingerprint density at radius 2 is 2.16 bits per heavy atom. The summed E-state index contributed by atoms with van der Waals surface area (Å²) in [6.07, 6.45) is 1.42. The van der Waals surface area contributed by atoms with E-state index in [4.69, 9.17) is 4.74 Å². The second kappa shape index (κ2) is 4.62. The van der Waals surface area contributed by atoms with Crippen LogP contribution in [0.25, 0.3) is 11.0 Å². The van der Waals surface area contributed by atoms with Gasteiger partial charge >= 0.3 is 5.97 Å². The van der Waals surface area contributed by atoms with Crippen molar-refractivity contribution in [1.82, 2.24) is 9.55 Å². The summed E-state index contributed by atoms with van der Waals surface area (Å²) in [5.41, 5.74) is 0.649. The zero-order chi connectivity index (χ0) is 13.4. The van der Waals surface area contributed by atoms with Gasteiger partial charge in [0, 0.05) is 19.3 Å². The zero-order valence-corrected chi connectivity index (χ0v) is 10.2. The van der Waals surface area contributed by atoms with Gasteiger partial charge < -0.3 is 14.4 Å². The quantitative estimate of drug-likeness (QED) is 0.903. The van der Waals surface area contributed by atoms with Crippen molar-refractivity contribution in [3.8, 4) is 0 Å². The van der Waals surface area contributed by atoms with Crippen molar-refractivity contribution >= 4 is 17.0 Å². The fraction of sp³-hybridized carbons (Fsp3) is 0.385. The van der Waals surface area contributed by atoms with E-state index in [1.807, 2.05) is 0 Å².